The molecule has 0 amide bonds. The van der Waals surface area contributed by atoms with E-state index in [1.807, 2.05) is 0 Å². The molecule has 0 saturated heterocycles. The van der Waals surface area contributed by atoms with E-state index in [0.717, 1.165) is 10.2 Å². The molecule has 0 spiro atoms. The molecule has 0 unspecified atom stereocenters. The minimum absolute atomic E-state index is 1.14. The highest BCUT2D eigenvalue weighted by Crippen LogP contribution is 2.05. The Morgan fingerprint density at radius 2 is 2.00 bits per heavy atom. The van der Waals surface area contributed by atoms with E-state index in [0.29, 0.717) is 0 Å². The molecule has 0 radical (unpaired) electrons. The van der Waals surface area contributed by atoms with Gasteiger partial charge in [-0.1, -0.05) is 17.3 Å². The number of hydrogen-bond donors (Lipinski definition) is 0. The second-order valence-electron chi connectivity index (χ2n) is 2.73. The summed E-state index contributed by atoms with van der Waals surface area (Å²) in [6, 6.07) is 8.63. The first-order valence-corrected chi connectivity index (χ1v) is 4.44. The first-order chi connectivity index (χ1) is 4.70. The van der Waals surface area contributed by atoms with Gasteiger partial charge >= 0.3 is 0 Å². The van der Waals surface area contributed by atoms with Crippen LogP contribution in [0.3, 0.4) is 0 Å². The molecular weight excluding hydrogens is 138 g/mol. The summed E-state index contributed by atoms with van der Waals surface area (Å²) < 4.78 is 0. The molecule has 0 aliphatic carbocycles. The van der Waals surface area contributed by atoms with E-state index in [4.69, 9.17) is 0 Å². The lowest BCUT2D eigenvalue weighted by atomic mass is 10.3. The lowest BCUT2D eigenvalue weighted by Crippen LogP contribution is -2.11. The summed E-state index contributed by atoms with van der Waals surface area (Å²) in [5.41, 5.74) is 1.30. The van der Waals surface area contributed by atoms with Gasteiger partial charge in [-0.05, 0) is 12.1 Å². The van der Waals surface area contributed by atoms with Crippen LogP contribution in [-0.4, -0.2) is 24.3 Å². The molecule has 2 heteroatoms. The first kappa shape index (κ1) is 7.35. The number of benzene rings is 1. The second-order valence-corrected chi connectivity index (χ2v) is 3.89. The highest BCUT2D eigenvalue weighted by Gasteiger charge is 1.91. The molecule has 0 atom stereocenters. The number of rotatable bonds is 1. The van der Waals surface area contributed by atoms with Crippen molar-refractivity contribution in [1.82, 2.24) is 0 Å². The molecule has 0 aromatic heterocycles. The highest BCUT2D eigenvalue weighted by atomic mass is 28.1. The summed E-state index contributed by atoms with van der Waals surface area (Å²) in [4.78, 5) is 2.13. The van der Waals surface area contributed by atoms with Gasteiger partial charge in [0.2, 0.25) is 0 Å². The van der Waals surface area contributed by atoms with Crippen molar-refractivity contribution in [3.8, 4) is 0 Å². The normalized spacial score (nSPS) is 9.80. The molecule has 0 saturated carbocycles. The van der Waals surface area contributed by atoms with Crippen LogP contribution in [0.25, 0.3) is 0 Å². The maximum absolute atomic E-state index is 2.23. The lowest BCUT2D eigenvalue weighted by molar-refractivity contribution is 1.13. The van der Waals surface area contributed by atoms with E-state index < -0.39 is 0 Å². The molecule has 1 rings (SSSR count). The maximum atomic E-state index is 2.23. The van der Waals surface area contributed by atoms with Crippen LogP contribution in [0.1, 0.15) is 0 Å². The van der Waals surface area contributed by atoms with Crippen LogP contribution < -0.4 is 10.1 Å². The Labute approximate surface area is 65.1 Å². The van der Waals surface area contributed by atoms with Crippen molar-refractivity contribution in [3.63, 3.8) is 0 Å². The predicted molar refractivity (Wildman–Crippen MR) is 50.3 cm³/mol. The molecule has 0 bridgehead atoms. The summed E-state index contributed by atoms with van der Waals surface area (Å²) in [5.74, 6) is 0. The first-order valence-electron chi connectivity index (χ1n) is 3.44. The Balaban J connectivity index is 2.96. The fourth-order valence-electron chi connectivity index (χ4n) is 0.906. The Morgan fingerprint density at radius 3 is 2.40 bits per heavy atom. The molecule has 1 nitrogen and oxygen atoms in total. The van der Waals surface area contributed by atoms with Crippen molar-refractivity contribution in [2.24, 2.45) is 0 Å². The standard InChI is InChI=1S/C8H13NSi/c1-9(2)7-4-3-5-8(10)6-7/h3-6H,1-2,10H3. The number of anilines is 1. The third-order valence-corrected chi connectivity index (χ3v) is 2.14. The van der Waals surface area contributed by atoms with Crippen LogP contribution in [0.2, 0.25) is 0 Å². The van der Waals surface area contributed by atoms with Crippen molar-refractivity contribution in [3.05, 3.63) is 24.3 Å². The quantitative estimate of drug-likeness (QED) is 0.500. The van der Waals surface area contributed by atoms with Gasteiger partial charge in [0, 0.05) is 30.0 Å². The van der Waals surface area contributed by atoms with Gasteiger partial charge in [-0.25, -0.2) is 0 Å². The molecule has 54 valence electrons. The summed E-state index contributed by atoms with van der Waals surface area (Å²) in [6.45, 7) is 0. The molecular formula is C8H13NSi. The number of hydrogen-bond acceptors (Lipinski definition) is 1. The smallest absolute Gasteiger partial charge is 0.0385 e. The van der Waals surface area contributed by atoms with Crippen molar-refractivity contribution in [2.45, 2.75) is 0 Å². The van der Waals surface area contributed by atoms with Gasteiger partial charge in [-0.3, -0.25) is 0 Å². The summed E-state index contributed by atoms with van der Waals surface area (Å²) >= 11 is 0. The summed E-state index contributed by atoms with van der Waals surface area (Å²) in [5, 5.41) is 1.45. The van der Waals surface area contributed by atoms with Crippen LogP contribution in [0.15, 0.2) is 24.3 Å². The Morgan fingerprint density at radius 1 is 1.30 bits per heavy atom. The van der Waals surface area contributed by atoms with E-state index in [1.54, 1.807) is 0 Å². The third kappa shape index (κ3) is 1.61. The zero-order chi connectivity index (χ0) is 7.56. The van der Waals surface area contributed by atoms with Crippen LogP contribution in [-0.2, 0) is 0 Å². The van der Waals surface area contributed by atoms with E-state index in [2.05, 4.69) is 43.3 Å². The van der Waals surface area contributed by atoms with Crippen LogP contribution in [0.5, 0.6) is 0 Å². The molecule has 10 heavy (non-hydrogen) atoms. The van der Waals surface area contributed by atoms with Crippen molar-refractivity contribution in [1.29, 1.82) is 0 Å². The predicted octanol–water partition coefficient (Wildman–Crippen LogP) is -0.257. The minimum Gasteiger partial charge on any atom is -0.378 e. The lowest BCUT2D eigenvalue weighted by Gasteiger charge is -2.12. The van der Waals surface area contributed by atoms with E-state index >= 15 is 0 Å². The zero-order valence-electron chi connectivity index (χ0n) is 6.76. The Kier molecular flexibility index (Phi) is 2.12. The molecule has 0 fully saturated rings. The van der Waals surface area contributed by atoms with E-state index in [-0.39, 0.29) is 0 Å². The fraction of sp³-hybridized carbons (Fsp3) is 0.250. The maximum Gasteiger partial charge on any atom is 0.0385 e. The summed E-state index contributed by atoms with van der Waals surface area (Å²) in [6.07, 6.45) is 0. The van der Waals surface area contributed by atoms with Crippen molar-refractivity contribution in [2.75, 3.05) is 19.0 Å². The van der Waals surface area contributed by atoms with Crippen LogP contribution >= 0.6 is 0 Å². The third-order valence-electron chi connectivity index (χ3n) is 1.52. The molecule has 1 aromatic rings. The van der Waals surface area contributed by atoms with Crippen molar-refractivity contribution >= 4 is 21.1 Å². The fourth-order valence-corrected chi connectivity index (χ4v) is 1.39. The Hall–Kier alpha value is -0.763. The SMILES string of the molecule is CN(C)c1cccc([SiH3])c1. The van der Waals surface area contributed by atoms with E-state index in [9.17, 15) is 0 Å². The van der Waals surface area contributed by atoms with Gasteiger partial charge < -0.3 is 4.90 Å². The largest absolute Gasteiger partial charge is 0.378 e. The topological polar surface area (TPSA) is 3.24 Å². The zero-order valence-corrected chi connectivity index (χ0v) is 8.76. The molecule has 0 aliphatic rings. The van der Waals surface area contributed by atoms with Gasteiger partial charge in [0.05, 0.1) is 0 Å². The molecule has 0 heterocycles. The molecule has 0 N–H and O–H groups in total. The minimum atomic E-state index is 1.14. The van der Waals surface area contributed by atoms with Crippen molar-refractivity contribution < 1.29 is 0 Å². The van der Waals surface area contributed by atoms with Crippen LogP contribution in [0.4, 0.5) is 5.69 Å². The van der Waals surface area contributed by atoms with Gasteiger partial charge in [-0.15, -0.1) is 0 Å². The summed E-state index contributed by atoms with van der Waals surface area (Å²) in [7, 11) is 5.27. The molecule has 1 aromatic carbocycles. The average Bonchev–Trinajstić information content (AvgIpc) is 1.88. The van der Waals surface area contributed by atoms with Gasteiger partial charge in [0.15, 0.2) is 0 Å². The monoisotopic (exact) mass is 151 g/mol. The van der Waals surface area contributed by atoms with E-state index in [1.165, 1.54) is 10.9 Å². The van der Waals surface area contributed by atoms with Gasteiger partial charge in [0.25, 0.3) is 0 Å². The van der Waals surface area contributed by atoms with Gasteiger partial charge in [0.1, 0.15) is 0 Å². The molecule has 0 aliphatic heterocycles. The van der Waals surface area contributed by atoms with Gasteiger partial charge in [-0.2, -0.15) is 0 Å². The Bertz CT molecular complexity index is 220. The van der Waals surface area contributed by atoms with Crippen LogP contribution in [0, 0.1) is 0 Å². The highest BCUT2D eigenvalue weighted by molar-refractivity contribution is 6.32. The average molecular weight is 151 g/mol. The second kappa shape index (κ2) is 2.88. The number of nitrogens with zero attached hydrogens (tertiary/aromatic N) is 1.